The normalized spacial score (nSPS) is 17.8. The first-order valence-corrected chi connectivity index (χ1v) is 11.0. The molecule has 4 rings (SSSR count). The summed E-state index contributed by atoms with van der Waals surface area (Å²) in [6.45, 7) is 1.03. The van der Waals surface area contributed by atoms with Crippen LogP contribution in [0.3, 0.4) is 0 Å². The van der Waals surface area contributed by atoms with E-state index in [9.17, 15) is 9.59 Å². The van der Waals surface area contributed by atoms with Gasteiger partial charge in [-0.3, -0.25) is 9.79 Å². The number of likely N-dealkylation sites (tertiary alicyclic amines) is 1. The van der Waals surface area contributed by atoms with E-state index in [-0.39, 0.29) is 11.9 Å². The minimum absolute atomic E-state index is 0.138. The summed E-state index contributed by atoms with van der Waals surface area (Å²) in [4.78, 5) is 32.7. The third kappa shape index (κ3) is 4.26. The molecule has 8 heteroatoms. The average molecular weight is 429 g/mol. The van der Waals surface area contributed by atoms with Gasteiger partial charge in [0, 0.05) is 47.1 Å². The number of anilines is 1. The SMILES string of the molecule is CSc1cccc(NC(=O)N2CCC3(CC2)N=C(c2cccc(Cl)c2)C(=O)N3)c1. The fraction of sp³-hybridized carbons (Fsp3) is 0.286. The lowest BCUT2D eigenvalue weighted by molar-refractivity contribution is -0.115. The molecule has 0 aliphatic carbocycles. The molecular formula is C21H21ClN4O2S. The molecule has 1 fully saturated rings. The molecule has 29 heavy (non-hydrogen) atoms. The molecule has 0 radical (unpaired) electrons. The quantitative estimate of drug-likeness (QED) is 0.725. The first kappa shape index (κ1) is 19.8. The van der Waals surface area contributed by atoms with E-state index in [1.807, 2.05) is 36.6 Å². The van der Waals surface area contributed by atoms with E-state index in [4.69, 9.17) is 16.6 Å². The van der Waals surface area contributed by atoms with Gasteiger partial charge in [-0.05, 0) is 36.6 Å². The van der Waals surface area contributed by atoms with Crippen molar-refractivity contribution in [2.75, 3.05) is 24.7 Å². The summed E-state index contributed by atoms with van der Waals surface area (Å²) >= 11 is 7.68. The molecule has 3 amide bonds. The number of aliphatic imine (C=N–C) groups is 1. The van der Waals surface area contributed by atoms with E-state index in [2.05, 4.69) is 10.6 Å². The van der Waals surface area contributed by atoms with Gasteiger partial charge in [-0.2, -0.15) is 0 Å². The number of halogens is 1. The highest BCUT2D eigenvalue weighted by Gasteiger charge is 2.42. The predicted molar refractivity (Wildman–Crippen MR) is 117 cm³/mol. The van der Waals surface area contributed by atoms with Crippen molar-refractivity contribution in [3.8, 4) is 0 Å². The molecule has 2 aromatic carbocycles. The van der Waals surface area contributed by atoms with Crippen LogP contribution in [0.2, 0.25) is 5.02 Å². The van der Waals surface area contributed by atoms with Gasteiger partial charge in [-0.15, -0.1) is 11.8 Å². The van der Waals surface area contributed by atoms with Crippen molar-refractivity contribution >= 4 is 46.7 Å². The molecule has 1 saturated heterocycles. The van der Waals surface area contributed by atoms with Crippen LogP contribution >= 0.6 is 23.4 Å². The third-order valence-corrected chi connectivity index (χ3v) is 6.14. The monoisotopic (exact) mass is 428 g/mol. The van der Waals surface area contributed by atoms with E-state index in [0.29, 0.717) is 42.2 Å². The average Bonchev–Trinajstić information content (AvgIpc) is 3.04. The fourth-order valence-electron chi connectivity index (χ4n) is 3.61. The van der Waals surface area contributed by atoms with Crippen molar-refractivity contribution in [3.05, 3.63) is 59.1 Å². The number of carbonyl (C=O) groups excluding carboxylic acids is 2. The van der Waals surface area contributed by atoms with E-state index < -0.39 is 5.66 Å². The van der Waals surface area contributed by atoms with Crippen LogP contribution in [0.25, 0.3) is 0 Å². The summed E-state index contributed by atoms with van der Waals surface area (Å²) in [6.07, 6.45) is 3.14. The summed E-state index contributed by atoms with van der Waals surface area (Å²) in [7, 11) is 0. The molecule has 0 saturated carbocycles. The van der Waals surface area contributed by atoms with E-state index in [1.165, 1.54) is 0 Å². The Hall–Kier alpha value is -2.51. The van der Waals surface area contributed by atoms with Crippen LogP contribution < -0.4 is 10.6 Å². The highest BCUT2D eigenvalue weighted by Crippen LogP contribution is 2.29. The Labute approximate surface area is 178 Å². The summed E-state index contributed by atoms with van der Waals surface area (Å²) in [6, 6.07) is 14.8. The molecule has 2 aromatic rings. The molecule has 6 nitrogen and oxygen atoms in total. The fourth-order valence-corrected chi connectivity index (χ4v) is 4.26. The van der Waals surface area contributed by atoms with Crippen LogP contribution in [0.5, 0.6) is 0 Å². The zero-order valence-corrected chi connectivity index (χ0v) is 17.5. The van der Waals surface area contributed by atoms with Gasteiger partial charge in [0.05, 0.1) is 0 Å². The summed E-state index contributed by atoms with van der Waals surface area (Å²) in [5.74, 6) is -0.195. The van der Waals surface area contributed by atoms with Crippen LogP contribution in [0, 0.1) is 0 Å². The second kappa shape index (κ2) is 8.08. The molecule has 2 aliphatic heterocycles. The molecule has 2 heterocycles. The van der Waals surface area contributed by atoms with Crippen LogP contribution in [0.4, 0.5) is 10.5 Å². The lowest BCUT2D eigenvalue weighted by atomic mass is 9.98. The summed E-state index contributed by atoms with van der Waals surface area (Å²) in [5, 5.41) is 6.53. The minimum Gasteiger partial charge on any atom is -0.326 e. The third-order valence-electron chi connectivity index (χ3n) is 5.18. The summed E-state index contributed by atoms with van der Waals surface area (Å²) in [5.41, 5.74) is 1.24. The largest absolute Gasteiger partial charge is 0.326 e. The van der Waals surface area contributed by atoms with Crippen LogP contribution in [-0.4, -0.2) is 47.6 Å². The molecule has 0 atom stereocenters. The number of carbonyl (C=O) groups is 2. The molecular weight excluding hydrogens is 408 g/mol. The van der Waals surface area contributed by atoms with E-state index in [0.717, 1.165) is 10.6 Å². The number of nitrogens with zero attached hydrogens (tertiary/aromatic N) is 2. The maximum absolute atomic E-state index is 12.6. The number of benzene rings is 2. The second-order valence-electron chi connectivity index (χ2n) is 7.11. The van der Waals surface area contributed by atoms with Crippen molar-refractivity contribution in [1.82, 2.24) is 10.2 Å². The van der Waals surface area contributed by atoms with Crippen molar-refractivity contribution in [2.24, 2.45) is 4.99 Å². The van der Waals surface area contributed by atoms with Crippen LogP contribution in [0.15, 0.2) is 58.4 Å². The maximum Gasteiger partial charge on any atom is 0.321 e. The second-order valence-corrected chi connectivity index (χ2v) is 8.42. The van der Waals surface area contributed by atoms with Crippen LogP contribution in [0.1, 0.15) is 18.4 Å². The summed E-state index contributed by atoms with van der Waals surface area (Å²) < 4.78 is 0. The number of rotatable bonds is 3. The number of thioether (sulfide) groups is 1. The van der Waals surface area contributed by atoms with E-state index in [1.54, 1.807) is 34.9 Å². The number of piperidine rings is 1. The highest BCUT2D eigenvalue weighted by molar-refractivity contribution is 7.98. The lowest BCUT2D eigenvalue weighted by Crippen LogP contribution is -2.53. The number of hydrogen-bond donors (Lipinski definition) is 2. The molecule has 2 N–H and O–H groups in total. The standard InChI is InChI=1S/C21H21ClN4O2S/c1-29-17-7-3-6-16(13-17)23-20(28)26-10-8-21(9-11-26)24-18(19(27)25-21)14-4-2-5-15(22)12-14/h2-7,12-13H,8-11H2,1H3,(H,23,28)(H,25,27). The Kier molecular flexibility index (Phi) is 5.52. The van der Waals surface area contributed by atoms with Crippen LogP contribution in [-0.2, 0) is 4.79 Å². The maximum atomic E-state index is 12.6. The number of urea groups is 1. The zero-order chi connectivity index (χ0) is 20.4. The Balaban J connectivity index is 1.42. The van der Waals surface area contributed by atoms with Crippen molar-refractivity contribution in [2.45, 2.75) is 23.4 Å². The van der Waals surface area contributed by atoms with Gasteiger partial charge in [0.25, 0.3) is 5.91 Å². The molecule has 1 spiro atoms. The van der Waals surface area contributed by atoms with Crippen molar-refractivity contribution < 1.29 is 9.59 Å². The predicted octanol–water partition coefficient (Wildman–Crippen LogP) is 4.01. The zero-order valence-electron chi connectivity index (χ0n) is 15.9. The van der Waals surface area contributed by atoms with Gasteiger partial charge in [0.1, 0.15) is 11.4 Å². The topological polar surface area (TPSA) is 73.8 Å². The van der Waals surface area contributed by atoms with Crippen molar-refractivity contribution in [3.63, 3.8) is 0 Å². The van der Waals surface area contributed by atoms with Gasteiger partial charge in [-0.25, -0.2) is 4.79 Å². The number of hydrogen-bond acceptors (Lipinski definition) is 4. The van der Waals surface area contributed by atoms with Gasteiger partial charge in [0.15, 0.2) is 0 Å². The Morgan fingerprint density at radius 2 is 1.97 bits per heavy atom. The molecule has 0 bridgehead atoms. The number of nitrogens with one attached hydrogen (secondary N) is 2. The van der Waals surface area contributed by atoms with E-state index >= 15 is 0 Å². The van der Waals surface area contributed by atoms with Gasteiger partial charge < -0.3 is 15.5 Å². The molecule has 2 aliphatic rings. The van der Waals surface area contributed by atoms with Gasteiger partial charge in [-0.1, -0.05) is 29.8 Å². The Bertz CT molecular complexity index is 986. The Morgan fingerprint density at radius 3 is 2.69 bits per heavy atom. The minimum atomic E-state index is -0.649. The van der Waals surface area contributed by atoms with Crippen molar-refractivity contribution in [1.29, 1.82) is 0 Å². The first-order valence-electron chi connectivity index (χ1n) is 9.36. The highest BCUT2D eigenvalue weighted by atomic mass is 35.5. The van der Waals surface area contributed by atoms with Gasteiger partial charge >= 0.3 is 6.03 Å². The van der Waals surface area contributed by atoms with Gasteiger partial charge in [0.2, 0.25) is 0 Å². The molecule has 0 aromatic heterocycles. The first-order chi connectivity index (χ1) is 14.0. The molecule has 150 valence electrons. The lowest BCUT2D eigenvalue weighted by Gasteiger charge is -2.37. The Morgan fingerprint density at radius 1 is 1.21 bits per heavy atom. The molecule has 0 unspecified atom stereocenters. The number of amides is 3. The smallest absolute Gasteiger partial charge is 0.321 e.